The number of nitrogens with zero attached hydrogens (tertiary/aromatic N) is 3. The number of carbonyl (C=O) groups excluding carboxylic acids is 3. The van der Waals surface area contributed by atoms with E-state index in [1.165, 1.54) is 0 Å². The fourth-order valence-electron chi connectivity index (χ4n) is 6.69. The van der Waals surface area contributed by atoms with E-state index < -0.39 is 23.7 Å². The molecule has 2 aromatic rings. The van der Waals surface area contributed by atoms with Crippen LogP contribution in [0.2, 0.25) is 0 Å². The number of aryl methyl sites for hydroxylation is 1. The maximum atomic E-state index is 13.1. The molecule has 0 aliphatic carbocycles. The van der Waals surface area contributed by atoms with Crippen LogP contribution in [0.15, 0.2) is 30.5 Å². The number of nitrogens with one attached hydrogen (secondary N) is 1. The largest absolute Gasteiger partial charge is 0.491 e. The van der Waals surface area contributed by atoms with Crippen molar-refractivity contribution >= 4 is 17.7 Å². The SMILES string of the molecule is O=C1CCC(N2Cc3c(CCCCCN4CCC5(CC4)COc4cc(C(F)(F)F)cnc45)cccc3C2=O)C(=O)N1. The van der Waals surface area contributed by atoms with E-state index in [4.69, 9.17) is 4.74 Å². The molecule has 5 heterocycles. The van der Waals surface area contributed by atoms with Gasteiger partial charge in [-0.2, -0.15) is 13.2 Å². The molecule has 0 saturated carbocycles. The van der Waals surface area contributed by atoms with Crippen molar-refractivity contribution in [1.82, 2.24) is 20.1 Å². The number of unbranched alkanes of at least 4 members (excludes halogenated alkanes) is 2. The molecule has 218 valence electrons. The summed E-state index contributed by atoms with van der Waals surface area (Å²) in [5, 5.41) is 2.35. The van der Waals surface area contributed by atoms with Gasteiger partial charge in [-0.15, -0.1) is 0 Å². The number of imide groups is 1. The van der Waals surface area contributed by atoms with Crippen LogP contribution in [0.3, 0.4) is 0 Å². The van der Waals surface area contributed by atoms with Gasteiger partial charge in [-0.3, -0.25) is 24.7 Å². The number of carbonyl (C=O) groups is 3. The van der Waals surface area contributed by atoms with Crippen molar-refractivity contribution < 1.29 is 32.3 Å². The van der Waals surface area contributed by atoms with Crippen LogP contribution in [0.4, 0.5) is 13.2 Å². The monoisotopic (exact) mass is 570 g/mol. The zero-order valence-corrected chi connectivity index (χ0v) is 22.8. The number of hydrogen-bond acceptors (Lipinski definition) is 6. The number of rotatable bonds is 7. The van der Waals surface area contributed by atoms with Crippen LogP contribution in [0, 0.1) is 0 Å². The number of hydrogen-bond donors (Lipinski definition) is 1. The number of likely N-dealkylation sites (tertiary alicyclic amines) is 1. The highest BCUT2D eigenvalue weighted by Gasteiger charge is 2.46. The van der Waals surface area contributed by atoms with Crippen LogP contribution in [0.1, 0.15) is 77.7 Å². The second-order valence-electron chi connectivity index (χ2n) is 11.6. The molecule has 1 atom stereocenters. The highest BCUT2D eigenvalue weighted by Crippen LogP contribution is 2.46. The molecule has 41 heavy (non-hydrogen) atoms. The van der Waals surface area contributed by atoms with Gasteiger partial charge in [-0.25, -0.2) is 0 Å². The van der Waals surface area contributed by atoms with Crippen molar-refractivity contribution in [3.63, 3.8) is 0 Å². The van der Waals surface area contributed by atoms with Crippen molar-refractivity contribution in [2.24, 2.45) is 0 Å². The Morgan fingerprint density at radius 1 is 1.10 bits per heavy atom. The maximum absolute atomic E-state index is 13.1. The molecule has 1 N–H and O–H groups in total. The van der Waals surface area contributed by atoms with Crippen LogP contribution >= 0.6 is 0 Å². The average molecular weight is 571 g/mol. The molecule has 1 unspecified atom stereocenters. The molecule has 6 rings (SSSR count). The van der Waals surface area contributed by atoms with Gasteiger partial charge in [0.15, 0.2) is 0 Å². The van der Waals surface area contributed by atoms with E-state index in [-0.39, 0.29) is 29.4 Å². The lowest BCUT2D eigenvalue weighted by Crippen LogP contribution is -2.52. The lowest BCUT2D eigenvalue weighted by molar-refractivity contribution is -0.138. The molecule has 1 spiro atoms. The molecule has 0 bridgehead atoms. The van der Waals surface area contributed by atoms with Gasteiger partial charge in [-0.05, 0) is 81.4 Å². The molecule has 2 fully saturated rings. The predicted molar refractivity (Wildman–Crippen MR) is 142 cm³/mol. The van der Waals surface area contributed by atoms with Crippen LogP contribution in [0.5, 0.6) is 5.75 Å². The smallest absolute Gasteiger partial charge is 0.418 e. The molecular formula is C30H33F3N4O4. The number of alkyl halides is 3. The van der Waals surface area contributed by atoms with E-state index in [2.05, 4.69) is 21.3 Å². The Balaban J connectivity index is 0.969. The Morgan fingerprint density at radius 2 is 1.90 bits per heavy atom. The Bertz CT molecular complexity index is 1370. The average Bonchev–Trinajstić information content (AvgIpc) is 3.47. The Kier molecular flexibility index (Phi) is 7.25. The summed E-state index contributed by atoms with van der Waals surface area (Å²) < 4.78 is 44.8. The molecule has 0 radical (unpaired) electrons. The molecule has 4 aliphatic heterocycles. The first-order valence-corrected chi connectivity index (χ1v) is 14.3. The minimum Gasteiger partial charge on any atom is -0.491 e. The molecular weight excluding hydrogens is 537 g/mol. The summed E-state index contributed by atoms with van der Waals surface area (Å²) in [7, 11) is 0. The molecule has 1 aromatic heterocycles. The molecule has 4 aliphatic rings. The van der Waals surface area contributed by atoms with E-state index in [9.17, 15) is 27.6 Å². The van der Waals surface area contributed by atoms with Gasteiger partial charge in [0.1, 0.15) is 11.8 Å². The number of halogens is 3. The van der Waals surface area contributed by atoms with Gasteiger partial charge in [0.05, 0.1) is 23.3 Å². The highest BCUT2D eigenvalue weighted by molar-refractivity contribution is 6.05. The second-order valence-corrected chi connectivity index (χ2v) is 11.6. The van der Waals surface area contributed by atoms with Crippen LogP contribution in [-0.4, -0.2) is 64.8 Å². The second kappa shape index (κ2) is 10.7. The van der Waals surface area contributed by atoms with Gasteiger partial charge in [0, 0.05) is 24.7 Å². The van der Waals surface area contributed by atoms with Gasteiger partial charge in [0.25, 0.3) is 5.91 Å². The third kappa shape index (κ3) is 5.31. The summed E-state index contributed by atoms with van der Waals surface area (Å²) in [6, 6.07) is 6.23. The fourth-order valence-corrected chi connectivity index (χ4v) is 6.69. The summed E-state index contributed by atoms with van der Waals surface area (Å²) >= 11 is 0. The van der Waals surface area contributed by atoms with Gasteiger partial charge in [0.2, 0.25) is 11.8 Å². The van der Waals surface area contributed by atoms with Gasteiger partial charge < -0.3 is 14.5 Å². The van der Waals surface area contributed by atoms with E-state index in [0.717, 1.165) is 81.5 Å². The van der Waals surface area contributed by atoms with E-state index in [1.807, 2.05) is 12.1 Å². The number of pyridine rings is 1. The number of piperidine rings is 2. The van der Waals surface area contributed by atoms with Crippen LogP contribution < -0.4 is 10.1 Å². The number of amides is 3. The number of benzene rings is 1. The minimum atomic E-state index is -4.43. The summed E-state index contributed by atoms with van der Waals surface area (Å²) in [4.78, 5) is 45.1. The van der Waals surface area contributed by atoms with Crippen molar-refractivity contribution in [3.05, 3.63) is 58.4 Å². The van der Waals surface area contributed by atoms with Crippen LogP contribution in [-0.2, 0) is 34.1 Å². The summed E-state index contributed by atoms with van der Waals surface area (Å²) in [6.07, 6.45) is 2.60. The molecule has 8 nitrogen and oxygen atoms in total. The zero-order valence-electron chi connectivity index (χ0n) is 22.8. The third-order valence-corrected chi connectivity index (χ3v) is 9.10. The van der Waals surface area contributed by atoms with Crippen molar-refractivity contribution in [2.45, 2.75) is 75.5 Å². The number of ether oxygens (including phenoxy) is 1. The van der Waals surface area contributed by atoms with Crippen molar-refractivity contribution in [2.75, 3.05) is 26.2 Å². The third-order valence-electron chi connectivity index (χ3n) is 9.10. The molecule has 2 saturated heterocycles. The van der Waals surface area contributed by atoms with Crippen LogP contribution in [0.25, 0.3) is 0 Å². The zero-order chi connectivity index (χ0) is 28.8. The molecule has 3 amide bonds. The van der Waals surface area contributed by atoms with Crippen molar-refractivity contribution in [3.8, 4) is 5.75 Å². The summed E-state index contributed by atoms with van der Waals surface area (Å²) in [5.41, 5.74) is 2.35. The number of fused-ring (bicyclic) bond motifs is 3. The topological polar surface area (TPSA) is 91.8 Å². The molecule has 11 heteroatoms. The lowest BCUT2D eigenvalue weighted by Gasteiger charge is -2.37. The van der Waals surface area contributed by atoms with E-state index in [1.54, 1.807) is 4.90 Å². The predicted octanol–water partition coefficient (Wildman–Crippen LogP) is 4.00. The maximum Gasteiger partial charge on any atom is 0.418 e. The first-order valence-electron chi connectivity index (χ1n) is 14.3. The van der Waals surface area contributed by atoms with E-state index in [0.29, 0.717) is 30.8 Å². The first-order chi connectivity index (χ1) is 19.6. The highest BCUT2D eigenvalue weighted by atomic mass is 19.4. The first kappa shape index (κ1) is 27.7. The Hall–Kier alpha value is -3.47. The Labute approximate surface area is 236 Å². The van der Waals surface area contributed by atoms with Gasteiger partial charge >= 0.3 is 6.18 Å². The fraction of sp³-hybridized carbons (Fsp3) is 0.533. The van der Waals surface area contributed by atoms with Crippen molar-refractivity contribution in [1.29, 1.82) is 0 Å². The van der Waals surface area contributed by atoms with E-state index >= 15 is 0 Å². The summed E-state index contributed by atoms with van der Waals surface area (Å²) in [6.45, 7) is 3.45. The lowest BCUT2D eigenvalue weighted by atomic mass is 9.77. The summed E-state index contributed by atoms with van der Waals surface area (Å²) in [5.74, 6) is -0.574. The quantitative estimate of drug-likeness (QED) is 0.400. The normalized spacial score (nSPS) is 22.1. The standard InChI is InChI=1S/C30H33F3N4O4/c31-30(32,33)20-15-24-26(34-16-20)29(18-41-24)10-13-36(14-11-29)12-3-1-2-5-19-6-4-7-21-22(19)17-37(28(21)40)23-8-9-25(38)35-27(23)39/h4,6-7,15-16,23H,1-3,5,8-14,17-18H2,(H,35,38,39). The number of aromatic nitrogens is 1. The minimum absolute atomic E-state index is 0.148. The Morgan fingerprint density at radius 3 is 2.66 bits per heavy atom. The van der Waals surface area contributed by atoms with Gasteiger partial charge in [-0.1, -0.05) is 18.6 Å². The molecule has 1 aromatic carbocycles.